The molecule has 0 spiro atoms. The lowest BCUT2D eigenvalue weighted by molar-refractivity contribution is 0.237. The van der Waals surface area contributed by atoms with Crippen LogP contribution in [0.4, 0.5) is 0 Å². The van der Waals surface area contributed by atoms with Gasteiger partial charge in [0.1, 0.15) is 0 Å². The van der Waals surface area contributed by atoms with Crippen LogP contribution in [-0.2, 0) is 0 Å². The van der Waals surface area contributed by atoms with Crippen molar-refractivity contribution < 1.29 is 0 Å². The van der Waals surface area contributed by atoms with Crippen molar-refractivity contribution in [2.45, 2.75) is 44.7 Å². The fourth-order valence-electron chi connectivity index (χ4n) is 2.54. The molecule has 0 amide bonds. The van der Waals surface area contributed by atoms with Crippen LogP contribution in [0.5, 0.6) is 0 Å². The molecule has 2 fully saturated rings. The monoisotopic (exact) mass is 225 g/mol. The van der Waals surface area contributed by atoms with Gasteiger partial charge in [-0.1, -0.05) is 0 Å². The fraction of sp³-hybridized carbons (Fsp3) is 1.00. The van der Waals surface area contributed by atoms with Crippen LogP contribution in [0.3, 0.4) is 0 Å². The van der Waals surface area contributed by atoms with Gasteiger partial charge in [0.15, 0.2) is 0 Å². The molecule has 2 rings (SSSR count). The normalized spacial score (nSPS) is 24.2. The zero-order valence-corrected chi connectivity index (χ0v) is 10.9. The Balaban J connectivity index is 1.49. The predicted octanol–water partition coefficient (Wildman–Crippen LogP) is 1.15. The molecule has 1 aliphatic carbocycles. The van der Waals surface area contributed by atoms with Crippen LogP contribution in [0, 0.1) is 0 Å². The smallest absolute Gasteiger partial charge is 0.0192 e. The Morgan fingerprint density at radius 3 is 2.62 bits per heavy atom. The maximum Gasteiger partial charge on any atom is 0.0192 e. The number of rotatable bonds is 7. The van der Waals surface area contributed by atoms with Crippen LogP contribution in [0.2, 0.25) is 0 Å². The summed E-state index contributed by atoms with van der Waals surface area (Å²) in [5.41, 5.74) is 0. The molecule has 0 radical (unpaired) electrons. The van der Waals surface area contributed by atoms with Gasteiger partial charge in [-0.2, -0.15) is 0 Å². The van der Waals surface area contributed by atoms with E-state index in [0.29, 0.717) is 6.04 Å². The molecule has 3 nitrogen and oxygen atoms in total. The summed E-state index contributed by atoms with van der Waals surface area (Å²) in [5.74, 6) is 0. The third-order valence-electron chi connectivity index (χ3n) is 4.06. The van der Waals surface area contributed by atoms with Crippen molar-refractivity contribution in [1.82, 2.24) is 15.1 Å². The zero-order chi connectivity index (χ0) is 11.4. The topological polar surface area (TPSA) is 18.5 Å². The van der Waals surface area contributed by atoms with Crippen molar-refractivity contribution >= 4 is 0 Å². The molecule has 16 heavy (non-hydrogen) atoms. The molecule has 1 aliphatic heterocycles. The van der Waals surface area contributed by atoms with Gasteiger partial charge < -0.3 is 10.2 Å². The van der Waals surface area contributed by atoms with Gasteiger partial charge in [-0.15, -0.1) is 0 Å². The molecule has 1 heterocycles. The lowest BCUT2D eigenvalue weighted by Gasteiger charge is -2.25. The third-order valence-corrected chi connectivity index (χ3v) is 4.06. The largest absolute Gasteiger partial charge is 0.314 e. The maximum absolute atomic E-state index is 3.59. The highest BCUT2D eigenvalue weighted by Gasteiger charge is 2.28. The molecule has 1 unspecified atom stereocenters. The van der Waals surface area contributed by atoms with Crippen LogP contribution in [0.15, 0.2) is 0 Å². The van der Waals surface area contributed by atoms with Crippen LogP contribution >= 0.6 is 0 Å². The Morgan fingerprint density at radius 2 is 2.00 bits per heavy atom. The molecule has 0 aromatic rings. The first kappa shape index (κ1) is 12.3. The minimum atomic E-state index is 0.686. The fourth-order valence-corrected chi connectivity index (χ4v) is 2.54. The Morgan fingerprint density at radius 1 is 1.31 bits per heavy atom. The molecule has 1 saturated heterocycles. The second-order valence-electron chi connectivity index (χ2n) is 5.50. The van der Waals surface area contributed by atoms with E-state index in [-0.39, 0.29) is 0 Å². The average Bonchev–Trinajstić information content (AvgIpc) is 3.01. The Kier molecular flexibility index (Phi) is 4.62. The molecule has 0 aromatic heterocycles. The van der Waals surface area contributed by atoms with Crippen molar-refractivity contribution in [2.75, 3.05) is 39.8 Å². The summed E-state index contributed by atoms with van der Waals surface area (Å²) in [6.45, 7) is 8.50. The number of nitrogens with zero attached hydrogens (tertiary/aromatic N) is 2. The van der Waals surface area contributed by atoms with Gasteiger partial charge in [-0.3, -0.25) is 4.90 Å². The van der Waals surface area contributed by atoms with E-state index in [1.54, 1.807) is 0 Å². The molecule has 94 valence electrons. The van der Waals surface area contributed by atoms with Gasteiger partial charge in [0.25, 0.3) is 0 Å². The van der Waals surface area contributed by atoms with E-state index in [2.05, 4.69) is 29.1 Å². The van der Waals surface area contributed by atoms with Crippen LogP contribution in [0.25, 0.3) is 0 Å². The molecule has 0 bridgehead atoms. The SMILES string of the molecule is CC(CNCCN1CCCC1)N(C)C1CC1. The van der Waals surface area contributed by atoms with Crippen LogP contribution < -0.4 is 5.32 Å². The van der Waals surface area contributed by atoms with Crippen LogP contribution in [-0.4, -0.2) is 61.7 Å². The molecule has 1 atom stereocenters. The highest BCUT2D eigenvalue weighted by atomic mass is 15.2. The minimum absolute atomic E-state index is 0.686. The van der Waals surface area contributed by atoms with Gasteiger partial charge in [0.05, 0.1) is 0 Å². The second-order valence-corrected chi connectivity index (χ2v) is 5.50. The lowest BCUT2D eigenvalue weighted by Crippen LogP contribution is -2.41. The van der Waals surface area contributed by atoms with Gasteiger partial charge in [-0.25, -0.2) is 0 Å². The average molecular weight is 225 g/mol. The number of nitrogens with one attached hydrogen (secondary N) is 1. The van der Waals surface area contributed by atoms with Crippen molar-refractivity contribution in [2.24, 2.45) is 0 Å². The molecular weight excluding hydrogens is 198 g/mol. The Bertz CT molecular complexity index is 197. The van der Waals surface area contributed by atoms with Crippen molar-refractivity contribution in [3.05, 3.63) is 0 Å². The number of hydrogen-bond acceptors (Lipinski definition) is 3. The van der Waals surface area contributed by atoms with Gasteiger partial charge in [0.2, 0.25) is 0 Å². The molecule has 1 saturated carbocycles. The van der Waals surface area contributed by atoms with Crippen molar-refractivity contribution in [3.63, 3.8) is 0 Å². The highest BCUT2D eigenvalue weighted by Crippen LogP contribution is 2.26. The summed E-state index contributed by atoms with van der Waals surface area (Å²) in [5, 5.41) is 3.59. The number of likely N-dealkylation sites (N-methyl/N-ethyl adjacent to an activating group) is 1. The highest BCUT2D eigenvalue weighted by molar-refractivity contribution is 4.85. The zero-order valence-electron chi connectivity index (χ0n) is 10.9. The van der Waals surface area contributed by atoms with E-state index < -0.39 is 0 Å². The first-order chi connectivity index (χ1) is 7.77. The Hall–Kier alpha value is -0.120. The molecule has 3 heteroatoms. The summed E-state index contributed by atoms with van der Waals surface area (Å²) >= 11 is 0. The van der Waals surface area contributed by atoms with E-state index in [4.69, 9.17) is 0 Å². The summed E-state index contributed by atoms with van der Waals surface area (Å²) in [4.78, 5) is 5.10. The summed E-state index contributed by atoms with van der Waals surface area (Å²) in [6.07, 6.45) is 5.63. The molecule has 2 aliphatic rings. The predicted molar refractivity (Wildman–Crippen MR) is 68.8 cm³/mol. The van der Waals surface area contributed by atoms with E-state index >= 15 is 0 Å². The minimum Gasteiger partial charge on any atom is -0.314 e. The van der Waals surface area contributed by atoms with Gasteiger partial charge >= 0.3 is 0 Å². The molecule has 0 aromatic carbocycles. The first-order valence-corrected chi connectivity index (χ1v) is 6.92. The van der Waals surface area contributed by atoms with E-state index in [0.717, 1.165) is 19.1 Å². The Labute approximate surface area is 100 Å². The second kappa shape index (κ2) is 5.99. The number of likely N-dealkylation sites (tertiary alicyclic amines) is 1. The van der Waals surface area contributed by atoms with Gasteiger partial charge in [0, 0.05) is 31.7 Å². The summed E-state index contributed by atoms with van der Waals surface area (Å²) < 4.78 is 0. The quantitative estimate of drug-likeness (QED) is 0.656. The number of hydrogen-bond donors (Lipinski definition) is 1. The van der Waals surface area contributed by atoms with E-state index in [9.17, 15) is 0 Å². The van der Waals surface area contributed by atoms with E-state index in [1.807, 2.05) is 0 Å². The summed E-state index contributed by atoms with van der Waals surface area (Å²) in [6, 6.07) is 1.57. The van der Waals surface area contributed by atoms with E-state index in [1.165, 1.54) is 45.3 Å². The maximum atomic E-state index is 3.59. The standard InChI is InChI=1S/C13H27N3/c1-12(15(2)13-5-6-13)11-14-7-10-16-8-3-4-9-16/h12-14H,3-11H2,1-2H3. The molecule has 1 N–H and O–H groups in total. The summed E-state index contributed by atoms with van der Waals surface area (Å²) in [7, 11) is 2.27. The first-order valence-electron chi connectivity index (χ1n) is 6.92. The molecular formula is C13H27N3. The van der Waals surface area contributed by atoms with Gasteiger partial charge in [-0.05, 0) is 52.7 Å². The van der Waals surface area contributed by atoms with Crippen LogP contribution in [0.1, 0.15) is 32.6 Å². The van der Waals surface area contributed by atoms with Crippen molar-refractivity contribution in [3.8, 4) is 0 Å². The lowest BCUT2D eigenvalue weighted by atomic mass is 10.3. The van der Waals surface area contributed by atoms with Crippen molar-refractivity contribution in [1.29, 1.82) is 0 Å². The third kappa shape index (κ3) is 3.72.